The summed E-state index contributed by atoms with van der Waals surface area (Å²) in [5.41, 5.74) is 4.93. The first-order valence-electron chi connectivity index (χ1n) is 12.3. The van der Waals surface area contributed by atoms with Crippen molar-refractivity contribution in [3.63, 3.8) is 0 Å². The number of aryl methyl sites for hydroxylation is 3. The molecule has 0 aliphatic carbocycles. The molecule has 4 aromatic rings. The molecule has 2 aromatic heterocycles. The van der Waals surface area contributed by atoms with Gasteiger partial charge in [-0.05, 0) is 55.2 Å². The van der Waals surface area contributed by atoms with Gasteiger partial charge in [-0.1, -0.05) is 36.4 Å². The highest BCUT2D eigenvalue weighted by Crippen LogP contribution is 2.33. The van der Waals surface area contributed by atoms with E-state index < -0.39 is 12.7 Å². The van der Waals surface area contributed by atoms with E-state index in [1.165, 1.54) is 16.2 Å². The second kappa shape index (κ2) is 10.3. The van der Waals surface area contributed by atoms with E-state index in [0.29, 0.717) is 28.0 Å². The van der Waals surface area contributed by atoms with E-state index in [2.05, 4.69) is 10.4 Å². The van der Waals surface area contributed by atoms with Gasteiger partial charge in [0.15, 0.2) is 0 Å². The Hall–Kier alpha value is -4.11. The molecule has 0 fully saturated rings. The van der Waals surface area contributed by atoms with Crippen LogP contribution in [0.3, 0.4) is 0 Å². The Balaban J connectivity index is 1.42. The molecule has 1 aliphatic heterocycles. The molecule has 38 heavy (non-hydrogen) atoms. The lowest BCUT2D eigenvalue weighted by Crippen LogP contribution is -2.46. The number of carbonyl (C=O) groups is 3. The predicted molar refractivity (Wildman–Crippen MR) is 144 cm³/mol. The fraction of sp³-hybridized carbons (Fsp3) is 0.241. The lowest BCUT2D eigenvalue weighted by molar-refractivity contribution is 0.0629. The van der Waals surface area contributed by atoms with Crippen molar-refractivity contribution in [2.45, 2.75) is 33.0 Å². The molecule has 1 atom stereocenters. The van der Waals surface area contributed by atoms with Crippen molar-refractivity contribution in [3.05, 3.63) is 98.4 Å². The molecule has 3 amide bonds. The third kappa shape index (κ3) is 4.77. The number of nitrogens with zero attached hydrogens (tertiary/aromatic N) is 3. The third-order valence-corrected chi connectivity index (χ3v) is 7.81. The second-order valence-electron chi connectivity index (χ2n) is 9.47. The number of carbonyl (C=O) groups excluding carboxylic acids is 3. The topological polar surface area (TPSA) is 84.3 Å². The number of amides is 3. The SMILES string of the molecule is Cc1cnn(C)c1-c1cc(C(=O)N[C@@H](Cc2cccc(CF)c2)CN2C(=O)c3ccccc3C2=O)sc1C. The summed E-state index contributed by atoms with van der Waals surface area (Å²) in [7, 11) is 1.86. The molecule has 0 saturated carbocycles. The van der Waals surface area contributed by atoms with Gasteiger partial charge in [-0.15, -0.1) is 11.3 Å². The highest BCUT2D eigenvalue weighted by molar-refractivity contribution is 7.14. The van der Waals surface area contributed by atoms with Crippen molar-refractivity contribution < 1.29 is 18.8 Å². The molecule has 1 aliphatic rings. The van der Waals surface area contributed by atoms with E-state index in [9.17, 15) is 18.8 Å². The molecule has 7 nitrogen and oxygen atoms in total. The van der Waals surface area contributed by atoms with Gasteiger partial charge in [-0.2, -0.15) is 5.10 Å². The molecular formula is C29H27FN4O3S. The first kappa shape index (κ1) is 25.5. The van der Waals surface area contributed by atoms with Crippen LogP contribution < -0.4 is 5.32 Å². The zero-order valence-electron chi connectivity index (χ0n) is 21.3. The van der Waals surface area contributed by atoms with Crippen LogP contribution in [0.1, 0.15) is 52.0 Å². The van der Waals surface area contributed by atoms with Crippen LogP contribution in [0.4, 0.5) is 4.39 Å². The number of hydrogen-bond donors (Lipinski definition) is 1. The van der Waals surface area contributed by atoms with E-state index >= 15 is 0 Å². The summed E-state index contributed by atoms with van der Waals surface area (Å²) in [6.45, 7) is 3.33. The monoisotopic (exact) mass is 530 g/mol. The molecule has 0 radical (unpaired) electrons. The number of aromatic nitrogens is 2. The van der Waals surface area contributed by atoms with Gasteiger partial charge in [0.1, 0.15) is 6.67 Å². The van der Waals surface area contributed by atoms with Gasteiger partial charge in [0.05, 0.1) is 33.9 Å². The van der Waals surface area contributed by atoms with Gasteiger partial charge in [0, 0.05) is 24.0 Å². The molecular weight excluding hydrogens is 503 g/mol. The van der Waals surface area contributed by atoms with E-state index in [1.54, 1.807) is 53.3 Å². The Morgan fingerprint density at radius 2 is 1.68 bits per heavy atom. The summed E-state index contributed by atoms with van der Waals surface area (Å²) in [5.74, 6) is -1.07. The summed E-state index contributed by atoms with van der Waals surface area (Å²) in [5, 5.41) is 7.35. The smallest absolute Gasteiger partial charge is 0.261 e. The van der Waals surface area contributed by atoms with E-state index in [0.717, 1.165) is 27.3 Å². The average molecular weight is 531 g/mol. The van der Waals surface area contributed by atoms with Crippen molar-refractivity contribution in [1.82, 2.24) is 20.0 Å². The second-order valence-corrected chi connectivity index (χ2v) is 10.7. The third-order valence-electron chi connectivity index (χ3n) is 6.76. The van der Waals surface area contributed by atoms with Gasteiger partial charge >= 0.3 is 0 Å². The first-order valence-corrected chi connectivity index (χ1v) is 13.1. The van der Waals surface area contributed by atoms with Crippen LogP contribution in [0.25, 0.3) is 11.3 Å². The Kier molecular flexibility index (Phi) is 6.94. The number of rotatable bonds is 8. The number of halogens is 1. The molecule has 0 bridgehead atoms. The summed E-state index contributed by atoms with van der Waals surface area (Å²) < 4.78 is 15.1. The Morgan fingerprint density at radius 1 is 1.00 bits per heavy atom. The van der Waals surface area contributed by atoms with Gasteiger partial charge < -0.3 is 5.32 Å². The lowest BCUT2D eigenvalue weighted by Gasteiger charge is -2.24. The normalized spacial score (nSPS) is 13.6. The van der Waals surface area contributed by atoms with Crippen LogP contribution in [-0.2, 0) is 20.1 Å². The van der Waals surface area contributed by atoms with Crippen LogP contribution in [-0.4, -0.2) is 45.0 Å². The van der Waals surface area contributed by atoms with Crippen LogP contribution in [0.2, 0.25) is 0 Å². The number of alkyl halides is 1. The van der Waals surface area contributed by atoms with Gasteiger partial charge in [0.2, 0.25) is 0 Å². The minimum atomic E-state index is -0.603. The van der Waals surface area contributed by atoms with Crippen molar-refractivity contribution in [3.8, 4) is 11.3 Å². The molecule has 3 heterocycles. The maximum atomic E-state index is 13.5. The maximum absolute atomic E-state index is 13.5. The van der Waals surface area contributed by atoms with Crippen molar-refractivity contribution >= 4 is 29.1 Å². The molecule has 0 spiro atoms. The van der Waals surface area contributed by atoms with Crippen LogP contribution in [0, 0.1) is 13.8 Å². The summed E-state index contributed by atoms with van der Waals surface area (Å²) in [6.07, 6.45) is 2.11. The van der Waals surface area contributed by atoms with E-state index in [1.807, 2.05) is 33.0 Å². The zero-order chi connectivity index (χ0) is 27.0. The van der Waals surface area contributed by atoms with Gasteiger partial charge in [-0.3, -0.25) is 24.0 Å². The van der Waals surface area contributed by atoms with E-state index in [4.69, 9.17) is 0 Å². The molecule has 0 saturated heterocycles. The van der Waals surface area contributed by atoms with Crippen molar-refractivity contribution in [1.29, 1.82) is 0 Å². The predicted octanol–water partition coefficient (Wildman–Crippen LogP) is 4.87. The minimum Gasteiger partial charge on any atom is -0.346 e. The number of benzene rings is 2. The zero-order valence-corrected chi connectivity index (χ0v) is 22.1. The fourth-order valence-electron chi connectivity index (χ4n) is 4.93. The standard InChI is InChI=1S/C29H27FN4O3S/c1-17-15-31-33(3)26(17)24-13-25(38-18(24)2)27(35)32-21(12-19-7-6-8-20(11-19)14-30)16-34-28(36)22-9-4-5-10-23(22)29(34)37/h4-11,13,15,21H,12,14,16H2,1-3H3,(H,32,35)/t21-/m0/s1. The maximum Gasteiger partial charge on any atom is 0.261 e. The highest BCUT2D eigenvalue weighted by atomic mass is 32.1. The largest absolute Gasteiger partial charge is 0.346 e. The first-order chi connectivity index (χ1) is 18.3. The fourth-order valence-corrected chi connectivity index (χ4v) is 5.85. The average Bonchev–Trinajstić information content (AvgIpc) is 3.53. The van der Waals surface area contributed by atoms with Crippen LogP contribution in [0.5, 0.6) is 0 Å². The van der Waals surface area contributed by atoms with Crippen LogP contribution in [0.15, 0.2) is 60.8 Å². The molecule has 1 N–H and O–H groups in total. The van der Waals surface area contributed by atoms with Crippen molar-refractivity contribution in [2.24, 2.45) is 7.05 Å². The lowest BCUT2D eigenvalue weighted by atomic mass is 10.0. The minimum absolute atomic E-state index is 0.00398. The highest BCUT2D eigenvalue weighted by Gasteiger charge is 2.36. The molecule has 0 unspecified atom stereocenters. The van der Waals surface area contributed by atoms with E-state index in [-0.39, 0.29) is 24.3 Å². The summed E-state index contributed by atoms with van der Waals surface area (Å²) in [4.78, 5) is 42.2. The Bertz CT molecular complexity index is 1500. The van der Waals surface area contributed by atoms with Crippen molar-refractivity contribution in [2.75, 3.05) is 6.54 Å². The number of thiophene rings is 1. The number of hydrogen-bond acceptors (Lipinski definition) is 5. The van der Waals surface area contributed by atoms with Crippen LogP contribution >= 0.6 is 11.3 Å². The summed E-state index contributed by atoms with van der Waals surface area (Å²) >= 11 is 1.38. The summed E-state index contributed by atoms with van der Waals surface area (Å²) in [6, 6.07) is 15.0. The molecule has 9 heteroatoms. The Labute approximate surface area is 223 Å². The number of imide groups is 1. The van der Waals surface area contributed by atoms with Gasteiger partial charge in [-0.25, -0.2) is 4.39 Å². The number of nitrogens with one attached hydrogen (secondary N) is 1. The molecule has 2 aromatic carbocycles. The molecule has 194 valence electrons. The van der Waals surface area contributed by atoms with Gasteiger partial charge in [0.25, 0.3) is 17.7 Å². The quantitative estimate of drug-likeness (QED) is 0.330. The molecule has 5 rings (SSSR count). The number of fused-ring (bicyclic) bond motifs is 1. The Morgan fingerprint density at radius 3 is 2.32 bits per heavy atom.